The first-order valence-corrected chi connectivity index (χ1v) is 7.53. The molecule has 1 aromatic rings. The van der Waals surface area contributed by atoms with Crippen molar-refractivity contribution in [3.8, 4) is 0 Å². The minimum absolute atomic E-state index is 0.151. The largest absolute Gasteiger partial charge is 0.370 e. The number of guanidine groups is 1. The third-order valence-corrected chi connectivity index (χ3v) is 4.19. The molecule has 0 aliphatic carbocycles. The van der Waals surface area contributed by atoms with Crippen molar-refractivity contribution in [1.82, 2.24) is 15.6 Å². The fourth-order valence-corrected chi connectivity index (χ4v) is 2.02. The third kappa shape index (κ3) is 5.72. The fourth-order valence-electron chi connectivity index (χ4n) is 1.37. The van der Waals surface area contributed by atoms with Crippen LogP contribution in [0.3, 0.4) is 0 Å². The van der Waals surface area contributed by atoms with Crippen LogP contribution < -0.4 is 16.4 Å². The third-order valence-electron chi connectivity index (χ3n) is 2.40. The van der Waals surface area contributed by atoms with Gasteiger partial charge in [-0.05, 0) is 44.3 Å². The molecular weight excluding hydrogens is 406 g/mol. The number of aldehydes is 1. The van der Waals surface area contributed by atoms with E-state index in [1.807, 2.05) is 0 Å². The highest BCUT2D eigenvalue weighted by atomic mass is 79.9. The molecule has 0 bridgehead atoms. The van der Waals surface area contributed by atoms with Gasteiger partial charge < -0.3 is 21.4 Å². The summed E-state index contributed by atoms with van der Waals surface area (Å²) < 4.78 is 1.48. The van der Waals surface area contributed by atoms with Crippen LogP contribution in [0.5, 0.6) is 0 Å². The van der Waals surface area contributed by atoms with Crippen LogP contribution in [0.2, 0.25) is 0 Å². The average Bonchev–Trinajstić information content (AvgIpc) is 2.81. The molecule has 0 saturated heterocycles. The van der Waals surface area contributed by atoms with Gasteiger partial charge >= 0.3 is 0 Å². The molecule has 1 amide bonds. The van der Waals surface area contributed by atoms with Crippen LogP contribution >= 0.6 is 31.9 Å². The van der Waals surface area contributed by atoms with Crippen molar-refractivity contribution >= 4 is 50.0 Å². The van der Waals surface area contributed by atoms with Crippen molar-refractivity contribution in [3.63, 3.8) is 0 Å². The van der Waals surface area contributed by atoms with Gasteiger partial charge in [0.25, 0.3) is 5.91 Å². The lowest BCUT2D eigenvalue weighted by atomic mass is 10.3. The van der Waals surface area contributed by atoms with Crippen LogP contribution in [0.25, 0.3) is 0 Å². The molecule has 9 heteroatoms. The van der Waals surface area contributed by atoms with Crippen molar-refractivity contribution < 1.29 is 9.59 Å². The molecule has 0 radical (unpaired) electrons. The second-order valence-corrected chi connectivity index (χ2v) is 5.55. The first-order chi connectivity index (χ1) is 9.97. The molecule has 21 heavy (non-hydrogen) atoms. The molecule has 0 fully saturated rings. The number of hydrogen-bond donors (Lipinski definition) is 4. The Hall–Kier alpha value is -1.61. The number of carbonyl (C=O) groups excluding carboxylic acids is 2. The molecule has 7 nitrogen and oxygen atoms in total. The highest BCUT2D eigenvalue weighted by Gasteiger charge is 2.10. The summed E-state index contributed by atoms with van der Waals surface area (Å²) in [4.78, 5) is 29.2. The maximum Gasteiger partial charge on any atom is 0.267 e. The Kier molecular flexibility index (Phi) is 7.17. The number of aliphatic imine (C=N–C) groups is 1. The number of aromatic amines is 1. The SMILES string of the molecule is CN=C(N)N/C(C=O)=C\CCNC(=O)c1cc(Br)c(Br)[nH]1. The van der Waals surface area contributed by atoms with Crippen molar-refractivity contribution in [1.29, 1.82) is 0 Å². The number of hydrogen-bond acceptors (Lipinski definition) is 3. The first kappa shape index (κ1) is 17.4. The maximum absolute atomic E-state index is 11.8. The Morgan fingerprint density at radius 2 is 2.24 bits per heavy atom. The zero-order valence-corrected chi connectivity index (χ0v) is 14.4. The predicted molar refractivity (Wildman–Crippen MR) is 88.0 cm³/mol. The van der Waals surface area contributed by atoms with Gasteiger partial charge in [0.2, 0.25) is 0 Å². The molecule has 0 saturated carbocycles. The summed E-state index contributed by atoms with van der Waals surface area (Å²) in [7, 11) is 1.51. The molecule has 5 N–H and O–H groups in total. The van der Waals surface area contributed by atoms with E-state index >= 15 is 0 Å². The van der Waals surface area contributed by atoms with Gasteiger partial charge in [0.1, 0.15) is 5.69 Å². The lowest BCUT2D eigenvalue weighted by Crippen LogP contribution is -2.31. The minimum Gasteiger partial charge on any atom is -0.370 e. The number of nitrogens with two attached hydrogens (primary N) is 1. The molecule has 1 aromatic heterocycles. The quantitative estimate of drug-likeness (QED) is 0.182. The molecule has 0 aromatic carbocycles. The zero-order valence-electron chi connectivity index (χ0n) is 11.2. The van der Waals surface area contributed by atoms with Gasteiger partial charge in [-0.3, -0.25) is 14.6 Å². The topological polar surface area (TPSA) is 112 Å². The first-order valence-electron chi connectivity index (χ1n) is 5.94. The molecule has 1 rings (SSSR count). The maximum atomic E-state index is 11.8. The van der Waals surface area contributed by atoms with E-state index in [2.05, 4.69) is 52.5 Å². The Labute approximate surface area is 138 Å². The summed E-state index contributed by atoms with van der Waals surface area (Å²) in [5, 5.41) is 5.36. The van der Waals surface area contributed by atoms with E-state index in [1.54, 1.807) is 12.1 Å². The predicted octanol–water partition coefficient (Wildman–Crippen LogP) is 1.28. The summed E-state index contributed by atoms with van der Waals surface area (Å²) in [5.74, 6) is -0.0801. The van der Waals surface area contributed by atoms with E-state index in [-0.39, 0.29) is 11.9 Å². The number of nitrogens with one attached hydrogen (secondary N) is 3. The number of allylic oxidation sites excluding steroid dienone is 1. The monoisotopic (exact) mass is 419 g/mol. The van der Waals surface area contributed by atoms with Crippen molar-refractivity contribution in [2.24, 2.45) is 10.7 Å². The summed E-state index contributed by atoms with van der Waals surface area (Å²) >= 11 is 6.55. The van der Waals surface area contributed by atoms with Gasteiger partial charge in [-0.1, -0.05) is 6.08 Å². The fraction of sp³-hybridized carbons (Fsp3) is 0.250. The van der Waals surface area contributed by atoms with Crippen LogP contribution in [0.15, 0.2) is 31.9 Å². The summed E-state index contributed by atoms with van der Waals surface area (Å²) in [6, 6.07) is 1.67. The van der Waals surface area contributed by atoms with Crippen LogP contribution in [0.4, 0.5) is 0 Å². The molecular formula is C12H15Br2N5O2. The normalized spacial score (nSPS) is 12.1. The molecule has 0 aliphatic heterocycles. The number of aromatic nitrogens is 1. The minimum atomic E-state index is -0.231. The number of halogens is 2. The Bertz CT molecular complexity index is 561. The van der Waals surface area contributed by atoms with Gasteiger partial charge in [0.05, 0.1) is 14.8 Å². The molecule has 114 valence electrons. The van der Waals surface area contributed by atoms with Gasteiger partial charge in [-0.2, -0.15) is 0 Å². The number of carbonyl (C=O) groups is 2. The summed E-state index contributed by atoms with van der Waals surface area (Å²) in [6.07, 6.45) is 2.75. The standard InChI is InChI=1S/C12H15Br2N5O2/c1-16-12(15)18-7(6-20)3-2-4-17-11(21)9-5-8(13)10(14)19-9/h3,5-6,19H,2,4H2,1H3,(H,17,21)(H3,15,16,18)/b7-3-. The number of nitrogens with zero attached hydrogens (tertiary/aromatic N) is 1. The van der Waals surface area contributed by atoms with Crippen LogP contribution in [0, 0.1) is 0 Å². The summed E-state index contributed by atoms with van der Waals surface area (Å²) in [6.45, 7) is 0.384. The number of rotatable bonds is 6. The van der Waals surface area contributed by atoms with Crippen LogP contribution in [-0.4, -0.2) is 36.7 Å². The van der Waals surface area contributed by atoms with E-state index in [1.165, 1.54) is 7.05 Å². The van der Waals surface area contributed by atoms with E-state index in [0.717, 1.165) is 4.47 Å². The van der Waals surface area contributed by atoms with Crippen molar-refractivity contribution in [2.45, 2.75) is 6.42 Å². The molecule has 0 spiro atoms. The lowest BCUT2D eigenvalue weighted by molar-refractivity contribution is -0.105. The second-order valence-electron chi connectivity index (χ2n) is 3.90. The summed E-state index contributed by atoms with van der Waals surface area (Å²) in [5.41, 5.74) is 6.19. The van der Waals surface area contributed by atoms with Gasteiger partial charge in [-0.25, -0.2) is 0 Å². The highest BCUT2D eigenvalue weighted by molar-refractivity contribution is 9.13. The van der Waals surface area contributed by atoms with Gasteiger partial charge in [0, 0.05) is 13.6 Å². The van der Waals surface area contributed by atoms with E-state index in [0.29, 0.717) is 35.2 Å². The Balaban J connectivity index is 2.45. The van der Waals surface area contributed by atoms with Crippen molar-refractivity contribution in [2.75, 3.05) is 13.6 Å². The smallest absolute Gasteiger partial charge is 0.267 e. The Morgan fingerprint density at radius 1 is 1.52 bits per heavy atom. The molecule has 0 unspecified atom stereocenters. The molecule has 1 heterocycles. The van der Waals surface area contributed by atoms with Crippen molar-refractivity contribution in [3.05, 3.63) is 32.6 Å². The van der Waals surface area contributed by atoms with E-state index in [4.69, 9.17) is 5.73 Å². The highest BCUT2D eigenvalue weighted by Crippen LogP contribution is 2.22. The average molecular weight is 421 g/mol. The van der Waals surface area contributed by atoms with Gasteiger partial charge in [0.15, 0.2) is 12.2 Å². The van der Waals surface area contributed by atoms with E-state index < -0.39 is 0 Å². The van der Waals surface area contributed by atoms with E-state index in [9.17, 15) is 9.59 Å². The van der Waals surface area contributed by atoms with Crippen LogP contribution in [0.1, 0.15) is 16.9 Å². The molecule has 0 atom stereocenters. The van der Waals surface area contributed by atoms with Crippen LogP contribution in [-0.2, 0) is 4.79 Å². The number of H-pyrrole nitrogens is 1. The van der Waals surface area contributed by atoms with Gasteiger partial charge in [-0.15, -0.1) is 0 Å². The Morgan fingerprint density at radius 3 is 2.76 bits per heavy atom. The molecule has 0 aliphatic rings. The zero-order chi connectivity index (χ0) is 15.8. The lowest BCUT2D eigenvalue weighted by Gasteiger charge is -2.04. The number of amides is 1. The second kappa shape index (κ2) is 8.63.